The van der Waals surface area contributed by atoms with Crippen LogP contribution in [-0.4, -0.2) is 18.5 Å². The van der Waals surface area contributed by atoms with E-state index in [0.29, 0.717) is 5.56 Å². The van der Waals surface area contributed by atoms with Crippen LogP contribution in [-0.2, 0) is 4.79 Å². The van der Waals surface area contributed by atoms with E-state index >= 15 is 0 Å². The molecule has 2 N–H and O–H groups in total. The summed E-state index contributed by atoms with van der Waals surface area (Å²) in [7, 11) is 0. The zero-order valence-corrected chi connectivity index (χ0v) is 11.5. The molecule has 0 aliphatic rings. The summed E-state index contributed by atoms with van der Waals surface area (Å²) in [6.45, 7) is 5.96. The zero-order chi connectivity index (χ0) is 14.4. The highest BCUT2D eigenvalue weighted by Crippen LogP contribution is 2.15. The van der Waals surface area contributed by atoms with E-state index in [1.807, 2.05) is 13.8 Å². The third kappa shape index (κ3) is 4.95. The molecule has 0 bridgehead atoms. The van der Waals surface area contributed by atoms with Crippen LogP contribution >= 0.6 is 0 Å². The molecule has 1 rings (SSSR count). The van der Waals surface area contributed by atoms with Crippen molar-refractivity contribution < 1.29 is 13.6 Å². The molecule has 0 saturated heterocycles. The molecule has 0 radical (unpaired) electrons. The van der Waals surface area contributed by atoms with Gasteiger partial charge in [0.25, 0.3) is 0 Å². The summed E-state index contributed by atoms with van der Waals surface area (Å²) in [4.78, 5) is 11.7. The Morgan fingerprint density at radius 1 is 1.26 bits per heavy atom. The molecular weight excluding hydrogens is 250 g/mol. The summed E-state index contributed by atoms with van der Waals surface area (Å²) in [6.07, 6.45) is 0.937. The largest absolute Gasteiger partial charge is 0.348 e. The summed E-state index contributed by atoms with van der Waals surface area (Å²) in [6, 6.07) is 3.53. The van der Waals surface area contributed by atoms with Crippen molar-refractivity contribution >= 4 is 5.91 Å². The SMILES string of the molecule is CCC(C)NCC(=O)NC(C)c1ccc(F)c(F)c1. The van der Waals surface area contributed by atoms with Crippen LogP contribution in [0.3, 0.4) is 0 Å². The Kier molecular flexibility index (Phi) is 5.89. The van der Waals surface area contributed by atoms with Gasteiger partial charge >= 0.3 is 0 Å². The fourth-order valence-electron chi connectivity index (χ4n) is 1.57. The summed E-state index contributed by atoms with van der Waals surface area (Å²) in [5.74, 6) is -1.96. The van der Waals surface area contributed by atoms with Gasteiger partial charge in [0.1, 0.15) is 0 Å². The van der Waals surface area contributed by atoms with Gasteiger partial charge in [-0.1, -0.05) is 13.0 Å². The molecule has 19 heavy (non-hydrogen) atoms. The Balaban J connectivity index is 2.51. The van der Waals surface area contributed by atoms with Gasteiger partial charge in [-0.05, 0) is 38.0 Å². The highest BCUT2D eigenvalue weighted by Gasteiger charge is 2.12. The Labute approximate surface area is 112 Å². The third-order valence-corrected chi connectivity index (χ3v) is 3.04. The average molecular weight is 270 g/mol. The minimum atomic E-state index is -0.906. The van der Waals surface area contributed by atoms with Crippen LogP contribution in [0, 0.1) is 11.6 Å². The lowest BCUT2D eigenvalue weighted by atomic mass is 10.1. The predicted molar refractivity (Wildman–Crippen MR) is 70.7 cm³/mol. The molecule has 2 unspecified atom stereocenters. The van der Waals surface area contributed by atoms with Crippen LogP contribution in [0.1, 0.15) is 38.8 Å². The lowest BCUT2D eigenvalue weighted by Crippen LogP contribution is -2.38. The van der Waals surface area contributed by atoms with Crippen LogP contribution in [0.4, 0.5) is 8.78 Å². The molecule has 0 aliphatic carbocycles. The van der Waals surface area contributed by atoms with Gasteiger partial charge in [-0.25, -0.2) is 8.78 Å². The first-order valence-corrected chi connectivity index (χ1v) is 6.41. The number of carbonyl (C=O) groups is 1. The van der Waals surface area contributed by atoms with Crippen LogP contribution < -0.4 is 10.6 Å². The average Bonchev–Trinajstić information content (AvgIpc) is 2.38. The Hall–Kier alpha value is -1.49. The van der Waals surface area contributed by atoms with Crippen molar-refractivity contribution in [1.29, 1.82) is 0 Å². The predicted octanol–water partition coefficient (Wildman–Crippen LogP) is 2.53. The smallest absolute Gasteiger partial charge is 0.234 e. The fourth-order valence-corrected chi connectivity index (χ4v) is 1.57. The van der Waals surface area contributed by atoms with Crippen molar-refractivity contribution in [3.05, 3.63) is 35.4 Å². The second-order valence-corrected chi connectivity index (χ2v) is 4.65. The normalized spacial score (nSPS) is 13.9. The van der Waals surface area contributed by atoms with Gasteiger partial charge in [0.05, 0.1) is 12.6 Å². The maximum atomic E-state index is 13.1. The van der Waals surface area contributed by atoms with E-state index < -0.39 is 11.6 Å². The molecule has 3 nitrogen and oxygen atoms in total. The van der Waals surface area contributed by atoms with E-state index in [1.54, 1.807) is 6.92 Å². The molecule has 106 valence electrons. The summed E-state index contributed by atoms with van der Waals surface area (Å²) >= 11 is 0. The molecule has 0 heterocycles. The van der Waals surface area contributed by atoms with Gasteiger partial charge in [-0.3, -0.25) is 4.79 Å². The molecule has 5 heteroatoms. The van der Waals surface area contributed by atoms with E-state index in [4.69, 9.17) is 0 Å². The number of hydrogen-bond acceptors (Lipinski definition) is 2. The van der Waals surface area contributed by atoms with Gasteiger partial charge in [-0.2, -0.15) is 0 Å². The summed E-state index contributed by atoms with van der Waals surface area (Å²) in [5.41, 5.74) is 0.538. The van der Waals surface area contributed by atoms with E-state index in [1.165, 1.54) is 6.07 Å². The van der Waals surface area contributed by atoms with Gasteiger partial charge in [-0.15, -0.1) is 0 Å². The minimum Gasteiger partial charge on any atom is -0.348 e. The monoisotopic (exact) mass is 270 g/mol. The van der Waals surface area contributed by atoms with Gasteiger partial charge in [0.2, 0.25) is 5.91 Å². The van der Waals surface area contributed by atoms with Gasteiger partial charge < -0.3 is 10.6 Å². The second-order valence-electron chi connectivity index (χ2n) is 4.65. The van der Waals surface area contributed by atoms with Crippen LogP contribution in [0.25, 0.3) is 0 Å². The molecule has 1 aromatic carbocycles. The number of halogens is 2. The van der Waals surface area contributed by atoms with Crippen LogP contribution in [0.15, 0.2) is 18.2 Å². The topological polar surface area (TPSA) is 41.1 Å². The van der Waals surface area contributed by atoms with Crippen molar-refractivity contribution in [1.82, 2.24) is 10.6 Å². The van der Waals surface area contributed by atoms with Crippen molar-refractivity contribution in [2.75, 3.05) is 6.54 Å². The number of amides is 1. The van der Waals surface area contributed by atoms with Crippen molar-refractivity contribution in [2.45, 2.75) is 39.3 Å². The number of rotatable bonds is 6. The Morgan fingerprint density at radius 3 is 2.53 bits per heavy atom. The summed E-state index contributed by atoms with van der Waals surface area (Å²) < 4.78 is 25.9. The van der Waals surface area contributed by atoms with Crippen molar-refractivity contribution in [3.8, 4) is 0 Å². The van der Waals surface area contributed by atoms with E-state index in [9.17, 15) is 13.6 Å². The third-order valence-electron chi connectivity index (χ3n) is 3.04. The van der Waals surface area contributed by atoms with Gasteiger partial charge in [0.15, 0.2) is 11.6 Å². The van der Waals surface area contributed by atoms with Crippen molar-refractivity contribution in [2.24, 2.45) is 0 Å². The maximum Gasteiger partial charge on any atom is 0.234 e. The van der Waals surface area contributed by atoms with E-state index in [-0.39, 0.29) is 24.5 Å². The fraction of sp³-hybridized carbons (Fsp3) is 0.500. The lowest BCUT2D eigenvalue weighted by Gasteiger charge is -2.16. The van der Waals surface area contributed by atoms with Gasteiger partial charge in [0, 0.05) is 6.04 Å². The highest BCUT2D eigenvalue weighted by atomic mass is 19.2. The van der Waals surface area contributed by atoms with Crippen molar-refractivity contribution in [3.63, 3.8) is 0 Å². The minimum absolute atomic E-state index is 0.169. The standard InChI is InChI=1S/C14H20F2N2O/c1-4-9(2)17-8-14(19)18-10(3)11-5-6-12(15)13(16)7-11/h5-7,9-10,17H,4,8H2,1-3H3,(H,18,19). The van der Waals surface area contributed by atoms with E-state index in [0.717, 1.165) is 18.6 Å². The number of carbonyl (C=O) groups excluding carboxylic acids is 1. The van der Waals surface area contributed by atoms with Crippen LogP contribution in [0.5, 0.6) is 0 Å². The molecule has 0 fully saturated rings. The van der Waals surface area contributed by atoms with E-state index in [2.05, 4.69) is 10.6 Å². The number of nitrogens with one attached hydrogen (secondary N) is 2. The molecule has 0 aromatic heterocycles. The molecule has 2 atom stereocenters. The first-order chi connectivity index (χ1) is 8.93. The van der Waals surface area contributed by atoms with Crippen LogP contribution in [0.2, 0.25) is 0 Å². The molecule has 1 aromatic rings. The lowest BCUT2D eigenvalue weighted by molar-refractivity contribution is -0.121. The number of hydrogen-bond donors (Lipinski definition) is 2. The quantitative estimate of drug-likeness (QED) is 0.834. The molecule has 0 spiro atoms. The Morgan fingerprint density at radius 2 is 1.95 bits per heavy atom. The molecule has 1 amide bonds. The molecular formula is C14H20F2N2O. The second kappa shape index (κ2) is 7.19. The molecule has 0 saturated carbocycles. The Bertz CT molecular complexity index is 437. The first kappa shape index (κ1) is 15.6. The zero-order valence-electron chi connectivity index (χ0n) is 11.5. The highest BCUT2D eigenvalue weighted by molar-refractivity contribution is 5.78. The number of benzene rings is 1. The molecule has 0 aliphatic heterocycles. The first-order valence-electron chi connectivity index (χ1n) is 6.41. The maximum absolute atomic E-state index is 13.1. The summed E-state index contributed by atoms with van der Waals surface area (Å²) in [5, 5.41) is 5.80.